The zero-order chi connectivity index (χ0) is 10.1. The Morgan fingerprint density at radius 2 is 2.08 bits per heavy atom. The molecule has 0 aliphatic heterocycles. The van der Waals surface area contributed by atoms with Crippen molar-refractivity contribution >= 4 is 33.3 Å². The molecule has 0 saturated heterocycles. The number of hydrogen-bond donors (Lipinski definition) is 3. The maximum absolute atomic E-state index is 10.4. The van der Waals surface area contributed by atoms with Crippen LogP contribution in [0.3, 0.4) is 0 Å². The number of nitrogens with two attached hydrogens (primary N) is 1. The molecule has 7 heteroatoms. The summed E-state index contributed by atoms with van der Waals surface area (Å²) in [6.07, 6.45) is 0. The molecule has 13 heavy (non-hydrogen) atoms. The Balaban J connectivity index is 3.10. The molecule has 0 spiro atoms. The first-order valence-corrected chi connectivity index (χ1v) is 5.01. The molecule has 0 fully saturated rings. The molecule has 5 nitrogen and oxygen atoms in total. The van der Waals surface area contributed by atoms with Gasteiger partial charge in [-0.15, -0.1) is 0 Å². The lowest BCUT2D eigenvalue weighted by atomic mass is 10.3. The largest absolute Gasteiger partial charge is 0.397 e. The van der Waals surface area contributed by atoms with Crippen molar-refractivity contribution in [1.82, 2.24) is 0 Å². The molecule has 0 aliphatic rings. The van der Waals surface area contributed by atoms with Gasteiger partial charge in [0.2, 0.25) is 0 Å². The third-order valence-electron chi connectivity index (χ3n) is 1.27. The van der Waals surface area contributed by atoms with Gasteiger partial charge in [0.25, 0.3) is 0 Å². The van der Waals surface area contributed by atoms with Crippen LogP contribution in [0.4, 0.5) is 11.4 Å². The van der Waals surface area contributed by atoms with E-state index in [0.717, 1.165) is 0 Å². The Morgan fingerprint density at radius 3 is 2.62 bits per heavy atom. The van der Waals surface area contributed by atoms with E-state index in [1.54, 1.807) is 4.72 Å². The van der Waals surface area contributed by atoms with Crippen LogP contribution in [0.1, 0.15) is 0 Å². The smallest absolute Gasteiger partial charge is 0.357 e. The predicted octanol–water partition coefficient (Wildman–Crippen LogP) is 1.14. The number of nitrogen functional groups attached to an aromatic ring is 1. The Morgan fingerprint density at radius 1 is 1.46 bits per heavy atom. The van der Waals surface area contributed by atoms with Crippen LogP contribution in [-0.2, 0) is 10.3 Å². The number of rotatable bonds is 2. The van der Waals surface area contributed by atoms with Gasteiger partial charge < -0.3 is 5.73 Å². The van der Waals surface area contributed by atoms with Crippen molar-refractivity contribution in [1.29, 1.82) is 0 Å². The van der Waals surface area contributed by atoms with E-state index in [0.29, 0.717) is 0 Å². The summed E-state index contributed by atoms with van der Waals surface area (Å²) in [6, 6.07) is 4.40. The van der Waals surface area contributed by atoms with Crippen molar-refractivity contribution in [2.24, 2.45) is 0 Å². The summed E-state index contributed by atoms with van der Waals surface area (Å²) in [6.45, 7) is 0. The molecule has 0 amide bonds. The molecular formula is C6H7ClN2O3S. The van der Waals surface area contributed by atoms with E-state index in [9.17, 15) is 8.42 Å². The van der Waals surface area contributed by atoms with E-state index >= 15 is 0 Å². The van der Waals surface area contributed by atoms with E-state index in [1.807, 2.05) is 0 Å². The molecule has 0 saturated carbocycles. The summed E-state index contributed by atoms with van der Waals surface area (Å²) in [5, 5.41) is 0.0557. The highest BCUT2D eigenvalue weighted by Crippen LogP contribution is 2.27. The number of halogens is 1. The van der Waals surface area contributed by atoms with Gasteiger partial charge in [-0.1, -0.05) is 17.7 Å². The molecule has 1 aromatic rings. The summed E-state index contributed by atoms with van der Waals surface area (Å²) in [5.74, 6) is 0. The van der Waals surface area contributed by atoms with Gasteiger partial charge in [-0.05, 0) is 12.1 Å². The van der Waals surface area contributed by atoms with Gasteiger partial charge in [-0.2, -0.15) is 8.42 Å². The third kappa shape index (κ3) is 2.76. The van der Waals surface area contributed by atoms with Crippen LogP contribution in [0, 0.1) is 0 Å². The Labute approximate surface area is 80.4 Å². The first kappa shape index (κ1) is 10.1. The molecule has 72 valence electrons. The van der Waals surface area contributed by atoms with Crippen LogP contribution in [0.15, 0.2) is 18.2 Å². The topological polar surface area (TPSA) is 92.4 Å². The minimum Gasteiger partial charge on any atom is -0.397 e. The second-order valence-corrected chi connectivity index (χ2v) is 3.82. The van der Waals surface area contributed by atoms with E-state index in [-0.39, 0.29) is 16.4 Å². The average Bonchev–Trinajstić information content (AvgIpc) is 1.96. The minimum atomic E-state index is -4.31. The highest BCUT2D eigenvalue weighted by atomic mass is 35.5. The maximum Gasteiger partial charge on any atom is 0.357 e. The van der Waals surface area contributed by atoms with Crippen LogP contribution in [0.5, 0.6) is 0 Å². The summed E-state index contributed by atoms with van der Waals surface area (Å²) in [5.41, 5.74) is 5.67. The van der Waals surface area contributed by atoms with Crippen molar-refractivity contribution in [3.8, 4) is 0 Å². The highest BCUT2D eigenvalue weighted by Gasteiger charge is 2.08. The summed E-state index contributed by atoms with van der Waals surface area (Å²) in [7, 11) is -4.31. The monoisotopic (exact) mass is 222 g/mol. The molecule has 0 radical (unpaired) electrons. The molecule has 0 atom stereocenters. The van der Waals surface area contributed by atoms with Gasteiger partial charge in [-0.25, -0.2) is 0 Å². The molecule has 0 unspecified atom stereocenters. The molecule has 1 aromatic carbocycles. The fraction of sp³-hybridized carbons (Fsp3) is 0. The summed E-state index contributed by atoms with van der Waals surface area (Å²) >= 11 is 5.64. The number of benzene rings is 1. The maximum atomic E-state index is 10.4. The van der Waals surface area contributed by atoms with Crippen molar-refractivity contribution < 1.29 is 13.0 Å². The number of hydrogen-bond acceptors (Lipinski definition) is 3. The van der Waals surface area contributed by atoms with E-state index in [2.05, 4.69) is 0 Å². The van der Waals surface area contributed by atoms with Crippen molar-refractivity contribution in [2.75, 3.05) is 10.5 Å². The second kappa shape index (κ2) is 3.41. The van der Waals surface area contributed by atoms with Gasteiger partial charge >= 0.3 is 10.3 Å². The minimum absolute atomic E-state index is 0.0455. The fourth-order valence-corrected chi connectivity index (χ4v) is 1.44. The van der Waals surface area contributed by atoms with E-state index < -0.39 is 10.3 Å². The molecule has 0 heterocycles. The number of nitrogens with one attached hydrogen (secondary N) is 1. The first-order valence-electron chi connectivity index (χ1n) is 3.19. The first-order chi connectivity index (χ1) is 5.90. The Hall–Kier alpha value is -0.980. The summed E-state index contributed by atoms with van der Waals surface area (Å²) < 4.78 is 31.1. The van der Waals surface area contributed by atoms with Crippen LogP contribution in [0.25, 0.3) is 0 Å². The van der Waals surface area contributed by atoms with Crippen molar-refractivity contribution in [3.05, 3.63) is 23.2 Å². The van der Waals surface area contributed by atoms with Gasteiger partial charge in [0.15, 0.2) is 0 Å². The van der Waals surface area contributed by atoms with Crippen LogP contribution >= 0.6 is 11.6 Å². The van der Waals surface area contributed by atoms with Crippen LogP contribution in [-0.4, -0.2) is 13.0 Å². The lowest BCUT2D eigenvalue weighted by molar-refractivity contribution is 0.490. The van der Waals surface area contributed by atoms with Crippen LogP contribution in [0.2, 0.25) is 5.02 Å². The SMILES string of the molecule is Nc1cccc(NS(=O)(=O)O)c1Cl. The fourth-order valence-electron chi connectivity index (χ4n) is 0.768. The lowest BCUT2D eigenvalue weighted by Gasteiger charge is -2.05. The second-order valence-electron chi connectivity index (χ2n) is 2.29. The van der Waals surface area contributed by atoms with Gasteiger partial charge in [0, 0.05) is 0 Å². The third-order valence-corrected chi connectivity index (χ3v) is 2.17. The Bertz CT molecular complexity index is 418. The Kier molecular flexibility index (Phi) is 2.65. The molecule has 0 aromatic heterocycles. The average molecular weight is 223 g/mol. The highest BCUT2D eigenvalue weighted by molar-refractivity contribution is 7.87. The zero-order valence-electron chi connectivity index (χ0n) is 6.36. The normalized spacial score (nSPS) is 11.2. The van der Waals surface area contributed by atoms with Crippen molar-refractivity contribution in [3.63, 3.8) is 0 Å². The zero-order valence-corrected chi connectivity index (χ0v) is 7.93. The molecular weight excluding hydrogens is 216 g/mol. The quantitative estimate of drug-likeness (QED) is 0.517. The van der Waals surface area contributed by atoms with Gasteiger partial charge in [0.05, 0.1) is 16.4 Å². The molecule has 0 bridgehead atoms. The standard InChI is InChI=1S/C6H7ClN2O3S/c7-6-4(8)2-1-3-5(6)9-13(10,11)12/h1-3,9H,8H2,(H,10,11,12). The summed E-state index contributed by atoms with van der Waals surface area (Å²) in [4.78, 5) is 0. The van der Waals surface area contributed by atoms with E-state index in [4.69, 9.17) is 21.9 Å². The van der Waals surface area contributed by atoms with Crippen LogP contribution < -0.4 is 10.5 Å². The van der Waals surface area contributed by atoms with E-state index in [1.165, 1.54) is 18.2 Å². The molecule has 1 rings (SSSR count). The molecule has 0 aliphatic carbocycles. The predicted molar refractivity (Wildman–Crippen MR) is 51.0 cm³/mol. The van der Waals surface area contributed by atoms with Gasteiger partial charge in [0.1, 0.15) is 0 Å². The number of anilines is 2. The van der Waals surface area contributed by atoms with Gasteiger partial charge in [-0.3, -0.25) is 9.27 Å². The lowest BCUT2D eigenvalue weighted by Crippen LogP contribution is -2.10. The van der Waals surface area contributed by atoms with Crippen molar-refractivity contribution in [2.45, 2.75) is 0 Å². The molecule has 4 N–H and O–H groups in total.